The van der Waals surface area contributed by atoms with Gasteiger partial charge in [-0.2, -0.15) is 17.7 Å². The molecular weight excluding hydrogens is 607 g/mol. The maximum absolute atomic E-state index is 13.7. The largest absolute Gasteiger partial charge is 0.468 e. The van der Waals surface area contributed by atoms with Crippen molar-refractivity contribution in [1.29, 1.82) is 0 Å². The molecule has 0 fully saturated rings. The minimum absolute atomic E-state index is 0.0783. The molecule has 234 valence electrons. The van der Waals surface area contributed by atoms with Crippen LogP contribution in [0, 0.1) is 12.8 Å². The van der Waals surface area contributed by atoms with Crippen molar-refractivity contribution in [2.75, 3.05) is 10.3 Å². The molecule has 2 bridgehead atoms. The lowest BCUT2D eigenvalue weighted by atomic mass is 9.95. The van der Waals surface area contributed by atoms with Crippen molar-refractivity contribution in [2.24, 2.45) is 11.8 Å². The van der Waals surface area contributed by atoms with Crippen LogP contribution in [-0.2, 0) is 4.79 Å². The minimum Gasteiger partial charge on any atom is -0.325 e. The molecule has 2 aromatic carbocycles. The van der Waals surface area contributed by atoms with Crippen LogP contribution in [-0.4, -0.2) is 21.6 Å². The Morgan fingerprint density at radius 2 is 1.91 bits per heavy atom. The highest BCUT2D eigenvalue weighted by Gasteiger charge is 2.36. The molecule has 1 amide bonds. The summed E-state index contributed by atoms with van der Waals surface area (Å²) in [6, 6.07) is 14.9. The average molecular weight is 640 g/mol. The van der Waals surface area contributed by atoms with E-state index in [1.54, 1.807) is 6.20 Å². The third-order valence-electron chi connectivity index (χ3n) is 7.83. The molecule has 2 aromatic heterocycles. The van der Waals surface area contributed by atoms with Crippen molar-refractivity contribution in [3.8, 4) is 22.4 Å². The number of rotatable bonds is 4. The van der Waals surface area contributed by atoms with E-state index >= 15 is 0 Å². The van der Waals surface area contributed by atoms with Gasteiger partial charge in [0.05, 0.1) is 23.6 Å². The molecule has 1 aliphatic rings. The first-order valence-corrected chi connectivity index (χ1v) is 14.7. The number of benzene rings is 2. The number of halogens is 4. The molecule has 13 heteroatoms. The summed E-state index contributed by atoms with van der Waals surface area (Å²) in [7, 11) is 0. The summed E-state index contributed by atoms with van der Waals surface area (Å²) in [4.78, 5) is 34.5. The van der Waals surface area contributed by atoms with E-state index in [1.165, 1.54) is 35.2 Å². The van der Waals surface area contributed by atoms with Gasteiger partial charge in [0.2, 0.25) is 17.9 Å². The van der Waals surface area contributed by atoms with Gasteiger partial charge in [-0.1, -0.05) is 30.7 Å². The number of hydrogen-bond donors (Lipinski definition) is 3. The SMILES string of the molecule is Cc1ccc2c(c1)NC(=O)C(C)CCCC(n1c[nH+]c(-c3cc(Cl)ccc3N(N)C=C([NH3+])C(F)(F)F)cc1=O)c1cc-2ccn1. The number of nitrogens with one attached hydrogen (secondary N) is 2. The van der Waals surface area contributed by atoms with E-state index in [4.69, 9.17) is 17.4 Å². The van der Waals surface area contributed by atoms with Crippen LogP contribution >= 0.6 is 11.6 Å². The van der Waals surface area contributed by atoms with Crippen LogP contribution in [0.25, 0.3) is 22.4 Å². The maximum Gasteiger partial charge on any atom is 0.468 e. The Hall–Kier alpha value is -4.52. The van der Waals surface area contributed by atoms with Gasteiger partial charge in [0.25, 0.3) is 0 Å². The lowest BCUT2D eigenvalue weighted by Crippen LogP contribution is -2.55. The number of hydrogen-bond acceptors (Lipinski definition) is 5. The molecule has 0 aliphatic carbocycles. The first kappa shape index (κ1) is 31.9. The Kier molecular flexibility index (Phi) is 9.10. The molecule has 9 nitrogen and oxygen atoms in total. The van der Waals surface area contributed by atoms with Crippen molar-refractivity contribution < 1.29 is 28.7 Å². The van der Waals surface area contributed by atoms with Gasteiger partial charge < -0.3 is 11.1 Å². The molecule has 3 heterocycles. The zero-order chi connectivity index (χ0) is 32.5. The van der Waals surface area contributed by atoms with Crippen molar-refractivity contribution in [3.63, 3.8) is 0 Å². The molecule has 2 unspecified atom stereocenters. The number of amides is 1. The van der Waals surface area contributed by atoms with Gasteiger partial charge in [-0.05, 0) is 73.7 Å². The molecule has 2 atom stereocenters. The van der Waals surface area contributed by atoms with Gasteiger partial charge in [0, 0.05) is 34.0 Å². The van der Waals surface area contributed by atoms with Crippen LogP contribution in [0.15, 0.2) is 83.8 Å². The van der Waals surface area contributed by atoms with Gasteiger partial charge in [0.1, 0.15) is 11.7 Å². The van der Waals surface area contributed by atoms with Gasteiger partial charge in [-0.25, -0.2) is 15.6 Å². The Balaban J connectivity index is 1.57. The van der Waals surface area contributed by atoms with Gasteiger partial charge in [-0.15, -0.1) is 0 Å². The fraction of sp³-hybridized carbons (Fsp3) is 0.250. The molecule has 1 aliphatic heterocycles. The molecule has 5 rings (SSSR count). The molecular formula is C32H33ClF3N7O2+2. The third-order valence-corrected chi connectivity index (χ3v) is 8.07. The summed E-state index contributed by atoms with van der Waals surface area (Å²) in [6.45, 7) is 3.84. The number of carbonyl (C=O) groups excluding carboxylic acids is 1. The number of allylic oxidation sites excluding steroid dienone is 1. The number of pyridine rings is 1. The predicted octanol–water partition coefficient (Wildman–Crippen LogP) is 5.03. The number of H-pyrrole nitrogens is 1. The molecule has 0 spiro atoms. The number of fused-ring (bicyclic) bond motifs is 4. The Morgan fingerprint density at radius 1 is 1.13 bits per heavy atom. The summed E-state index contributed by atoms with van der Waals surface area (Å²) in [5, 5.41) is 4.17. The third kappa shape index (κ3) is 7.08. The van der Waals surface area contributed by atoms with Crippen LogP contribution in [0.2, 0.25) is 5.02 Å². The highest BCUT2D eigenvalue weighted by Crippen LogP contribution is 2.34. The zero-order valence-corrected chi connectivity index (χ0v) is 25.4. The number of hydrazine groups is 1. The van der Waals surface area contributed by atoms with Crippen LogP contribution < -0.4 is 32.4 Å². The number of anilines is 2. The van der Waals surface area contributed by atoms with Crippen molar-refractivity contribution in [3.05, 3.63) is 106 Å². The second kappa shape index (κ2) is 12.8. The predicted molar refractivity (Wildman–Crippen MR) is 166 cm³/mol. The van der Waals surface area contributed by atoms with Gasteiger partial charge >= 0.3 is 11.7 Å². The highest BCUT2D eigenvalue weighted by atomic mass is 35.5. The maximum atomic E-state index is 13.7. The van der Waals surface area contributed by atoms with E-state index < -0.39 is 17.9 Å². The van der Waals surface area contributed by atoms with Crippen molar-refractivity contribution >= 4 is 28.9 Å². The number of carbonyl (C=O) groups is 1. The average Bonchev–Trinajstić information content (AvgIpc) is 2.98. The Labute approximate surface area is 262 Å². The normalized spacial score (nSPS) is 17.5. The minimum atomic E-state index is -4.67. The van der Waals surface area contributed by atoms with Crippen LogP contribution in [0.1, 0.15) is 43.5 Å². The van der Waals surface area contributed by atoms with E-state index in [2.05, 4.69) is 21.0 Å². The second-order valence-electron chi connectivity index (χ2n) is 11.2. The van der Waals surface area contributed by atoms with E-state index in [0.29, 0.717) is 53.1 Å². The summed E-state index contributed by atoms with van der Waals surface area (Å²) in [6.07, 6.45) is 0.948. The number of quaternary nitrogens is 1. The molecule has 0 radical (unpaired) electrons. The van der Waals surface area contributed by atoms with Gasteiger partial charge in [-0.3, -0.25) is 14.8 Å². The summed E-state index contributed by atoms with van der Waals surface area (Å²) >= 11 is 6.23. The van der Waals surface area contributed by atoms with E-state index in [9.17, 15) is 22.8 Å². The smallest absolute Gasteiger partial charge is 0.325 e. The topological polar surface area (TPSA) is 135 Å². The summed E-state index contributed by atoms with van der Waals surface area (Å²) in [5.74, 6) is 5.65. The van der Waals surface area contributed by atoms with Crippen LogP contribution in [0.3, 0.4) is 0 Å². The lowest BCUT2D eigenvalue weighted by Gasteiger charge is -2.20. The monoisotopic (exact) mass is 639 g/mol. The molecule has 7 N–H and O–H groups in total. The first-order chi connectivity index (χ1) is 21.3. The fourth-order valence-electron chi connectivity index (χ4n) is 5.35. The summed E-state index contributed by atoms with van der Waals surface area (Å²) < 4.78 is 40.9. The molecule has 0 saturated carbocycles. The Morgan fingerprint density at radius 3 is 2.64 bits per heavy atom. The fourth-order valence-corrected chi connectivity index (χ4v) is 5.52. The number of aromatic amines is 1. The van der Waals surface area contributed by atoms with E-state index in [1.807, 2.05) is 44.2 Å². The molecule has 45 heavy (non-hydrogen) atoms. The highest BCUT2D eigenvalue weighted by molar-refractivity contribution is 6.31. The summed E-state index contributed by atoms with van der Waals surface area (Å²) in [5.41, 5.74) is 6.34. The molecule has 0 saturated heterocycles. The van der Waals surface area contributed by atoms with E-state index in [-0.39, 0.29) is 23.1 Å². The number of nitrogens with zero attached hydrogens (tertiary/aromatic N) is 3. The van der Waals surface area contributed by atoms with Crippen LogP contribution in [0.4, 0.5) is 24.5 Å². The number of nitrogens with two attached hydrogens (primary N) is 1. The van der Waals surface area contributed by atoms with E-state index in [0.717, 1.165) is 21.7 Å². The van der Waals surface area contributed by atoms with Crippen LogP contribution in [0.5, 0.6) is 0 Å². The van der Waals surface area contributed by atoms with Gasteiger partial charge in [0.15, 0.2) is 0 Å². The quantitative estimate of drug-likeness (QED) is 0.213. The number of aromatic nitrogens is 3. The second-order valence-corrected chi connectivity index (χ2v) is 11.6. The number of aryl methyl sites for hydroxylation is 1. The van der Waals surface area contributed by atoms with Crippen molar-refractivity contribution in [2.45, 2.75) is 45.3 Å². The number of alkyl halides is 3. The first-order valence-electron chi connectivity index (χ1n) is 14.3. The lowest BCUT2D eigenvalue weighted by molar-refractivity contribution is -0.373. The molecule has 4 aromatic rings. The Bertz CT molecular complexity index is 1840. The standard InChI is InChI=1S/C32H31ClF3N7O2/c1-18-6-8-22-20-10-11-39-26(13-20)28(5-3-4-19(2)31(45)41-25(22)12-18)42-17-40-24(15-30(42)44)23-14-21(33)7-9-27(23)43(38)16-29(37)32(34,35)36/h6-17,19,28H,3-5,37-38H2,1-2H3,(H,41,45)/p+2. The zero-order valence-electron chi connectivity index (χ0n) is 24.7. The van der Waals surface area contributed by atoms with Crippen molar-refractivity contribution in [1.82, 2.24) is 9.55 Å².